The second-order valence-electron chi connectivity index (χ2n) is 6.12. The first-order valence-corrected chi connectivity index (χ1v) is 13.5. The van der Waals surface area contributed by atoms with E-state index in [0.29, 0.717) is 0 Å². The predicted octanol–water partition coefficient (Wildman–Crippen LogP) is -16.7. The van der Waals surface area contributed by atoms with Crippen LogP contribution in [0.25, 0.3) is 11.2 Å². The minimum absolute atomic E-state index is 0. The molecule has 0 radical (unpaired) electrons. The summed E-state index contributed by atoms with van der Waals surface area (Å²) in [6.07, 6.45) is -5.46. The fraction of sp³-hybridized carbons (Fsp3) is 0.500. The van der Waals surface area contributed by atoms with Crippen LogP contribution in [0.5, 0.6) is 0 Å². The van der Waals surface area contributed by atoms with Crippen molar-refractivity contribution in [2.24, 2.45) is 0 Å². The molecule has 18 nitrogen and oxygen atoms in total. The van der Waals surface area contributed by atoms with Gasteiger partial charge in [0, 0.05) is 0 Å². The minimum atomic E-state index is -5.96. The molecule has 3 heterocycles. The third kappa shape index (κ3) is 10.9. The number of aliphatic hydroxyl groups is 2. The summed E-state index contributed by atoms with van der Waals surface area (Å²) in [5, 5.41) is 20.4. The monoisotopic (exact) mass is 627 g/mol. The molecule has 2 aromatic heterocycles. The summed E-state index contributed by atoms with van der Waals surface area (Å²) >= 11 is 3.67. The number of hydrogen-bond acceptors (Lipinski definition) is 17. The van der Waals surface area contributed by atoms with Crippen LogP contribution >= 0.6 is 22.4 Å². The molecule has 36 heavy (non-hydrogen) atoms. The molecule has 0 bridgehead atoms. The Kier molecular flexibility index (Phi) is 18.1. The topological polar surface area (TPSA) is 293 Å². The number of nitrogens with two attached hydrogens (primary N) is 1. The van der Waals surface area contributed by atoms with E-state index in [2.05, 4.69) is 39.9 Å². The summed E-state index contributed by atoms with van der Waals surface area (Å²) in [6, 6.07) is 0. The van der Waals surface area contributed by atoms with E-state index in [9.17, 15) is 43.7 Å². The first-order valence-electron chi connectivity index (χ1n) is 8.04. The van der Waals surface area contributed by atoms with E-state index in [-0.39, 0.29) is 135 Å². The molecule has 1 saturated heterocycles. The number of nitrogens with zero attached hydrogens (tertiary/aromatic N) is 3. The molecule has 0 aliphatic carbocycles. The maximum atomic E-state index is 11.8. The summed E-state index contributed by atoms with van der Waals surface area (Å²) in [7, 11) is -11.7. The summed E-state index contributed by atoms with van der Waals surface area (Å²) in [5.74, 6) is -0.285. The Bertz CT molecular complexity index is 1230. The Labute approximate surface area is 295 Å². The van der Waals surface area contributed by atoms with Gasteiger partial charge in [-0.3, -0.25) is 23.5 Å². The van der Waals surface area contributed by atoms with Crippen LogP contribution in [0.1, 0.15) is 6.23 Å². The first kappa shape index (κ1) is 41.0. The zero-order chi connectivity index (χ0) is 24.1. The van der Waals surface area contributed by atoms with Gasteiger partial charge in [-0.2, -0.15) is 4.98 Å². The molecule has 26 heteroatoms. The average Bonchev–Trinajstić information content (AvgIpc) is 3.12. The van der Waals surface area contributed by atoms with Gasteiger partial charge in [0.2, 0.25) is 5.95 Å². The van der Waals surface area contributed by atoms with Crippen molar-refractivity contribution in [1.29, 1.82) is 0 Å². The number of imidazole rings is 1. The van der Waals surface area contributed by atoms with Gasteiger partial charge in [0.25, 0.3) is 21.2 Å². The van der Waals surface area contributed by atoms with Gasteiger partial charge in [0.1, 0.15) is 18.3 Å². The normalized spacial score (nSPS) is 24.8. The van der Waals surface area contributed by atoms with E-state index in [1.54, 1.807) is 0 Å². The Balaban J connectivity index is 0. The summed E-state index contributed by atoms with van der Waals surface area (Å²) < 4.78 is 40.5. The zero-order valence-corrected chi connectivity index (χ0v) is 30.6. The van der Waals surface area contributed by atoms with Crippen LogP contribution in [0.2, 0.25) is 0 Å². The van der Waals surface area contributed by atoms with Crippen LogP contribution < -0.4 is 149 Å². The minimum Gasteiger partial charge on any atom is -0.812 e. The largest absolute Gasteiger partial charge is 1.00 e. The third-order valence-corrected chi connectivity index (χ3v) is 8.12. The van der Waals surface area contributed by atoms with Gasteiger partial charge >= 0.3 is 118 Å². The first-order chi connectivity index (χ1) is 14.6. The number of hydrogen-bond donors (Lipinski definition) is 4. The van der Waals surface area contributed by atoms with Crippen LogP contribution in [0.4, 0.5) is 5.95 Å². The van der Waals surface area contributed by atoms with Crippen molar-refractivity contribution in [3.8, 4) is 0 Å². The van der Waals surface area contributed by atoms with Crippen LogP contribution in [0.15, 0.2) is 11.1 Å². The second-order valence-corrected chi connectivity index (χ2v) is 11.7. The van der Waals surface area contributed by atoms with Gasteiger partial charge in [0.15, 0.2) is 17.4 Å². The zero-order valence-electron chi connectivity index (χ0n) is 19.1. The molecule has 1 aliphatic heterocycles. The van der Waals surface area contributed by atoms with Gasteiger partial charge in [-0.25, -0.2) is 9.29 Å². The van der Waals surface area contributed by atoms with Crippen molar-refractivity contribution < 1.29 is 175 Å². The van der Waals surface area contributed by atoms with Gasteiger partial charge in [-0.15, -0.1) is 11.8 Å². The van der Waals surface area contributed by atoms with Crippen molar-refractivity contribution >= 4 is 51.3 Å². The quantitative estimate of drug-likeness (QED) is 0.156. The van der Waals surface area contributed by atoms with E-state index >= 15 is 0 Å². The van der Waals surface area contributed by atoms with Gasteiger partial charge in [-0.1, -0.05) is 6.72 Å². The molecular weight excluding hydrogens is 615 g/mol. The van der Waals surface area contributed by atoms with Crippen molar-refractivity contribution in [3.63, 3.8) is 0 Å². The number of nitrogens with one attached hydrogen (secondary N) is 1. The average molecular weight is 627 g/mol. The molecule has 2 aromatic rings. The molecule has 1 fully saturated rings. The summed E-state index contributed by atoms with van der Waals surface area (Å²) in [4.78, 5) is 66.0. The SMILES string of the molecule is Nc1nc2c(ncn2C2OC(COP(=O)([O-])OP(=O)([O-])OP([O-])([O-])=S)C(O)C2O)c(=O)[nH]1.[Na+].[Na+].[Na+].[Na+]. The number of aromatic amines is 1. The van der Waals surface area contributed by atoms with Gasteiger partial charge in [0.05, 0.1) is 12.9 Å². The Morgan fingerprint density at radius 2 is 1.69 bits per heavy atom. The Hall–Kier alpha value is 2.86. The van der Waals surface area contributed by atoms with Crippen molar-refractivity contribution in [2.45, 2.75) is 24.5 Å². The summed E-state index contributed by atoms with van der Waals surface area (Å²) in [5.41, 5.74) is 4.46. The molecule has 3 rings (SSSR count). The molecule has 0 aromatic carbocycles. The molecule has 0 amide bonds. The fourth-order valence-electron chi connectivity index (χ4n) is 2.67. The number of H-pyrrole nitrogens is 1. The number of ether oxygens (including phenoxy) is 1. The maximum Gasteiger partial charge on any atom is 1.00 e. The molecule has 6 atom stereocenters. The number of fused-ring (bicyclic) bond motifs is 1. The van der Waals surface area contributed by atoms with E-state index < -0.39 is 59.1 Å². The van der Waals surface area contributed by atoms with Crippen LogP contribution in [0.3, 0.4) is 0 Å². The number of aliphatic hydroxyl groups excluding tert-OH is 2. The van der Waals surface area contributed by atoms with Crippen LogP contribution in [-0.4, -0.2) is 54.7 Å². The Morgan fingerprint density at radius 1 is 1.11 bits per heavy atom. The number of aromatic nitrogens is 4. The predicted molar refractivity (Wildman–Crippen MR) is 96.1 cm³/mol. The van der Waals surface area contributed by atoms with E-state index in [0.717, 1.165) is 10.9 Å². The molecular formula is C10H12N5Na4O13P3S. The number of phosphoric ester groups is 1. The number of anilines is 1. The van der Waals surface area contributed by atoms with Crippen molar-refractivity contribution in [2.75, 3.05) is 12.3 Å². The fourth-order valence-corrected chi connectivity index (χ4v) is 6.27. The molecule has 0 spiro atoms. The third-order valence-electron chi connectivity index (χ3n) is 3.86. The smallest absolute Gasteiger partial charge is 0.812 e. The van der Waals surface area contributed by atoms with E-state index in [1.165, 1.54) is 0 Å². The molecule has 5 N–H and O–H groups in total. The standard InChI is InChI=1S/C10H16N5O13P3S.4Na/c11-10-13-7-4(8(18)14-10)12-2-15(7)9-6(17)5(16)3(26-9)1-25-29(19,20)27-30(21,22)28-31(23,24)32;;;;/h2-3,5-6,9,16-17H,1H2,(H,19,20)(H,21,22)(H2,23,24,32)(H3,11,13,14,18);;;;/q;4*+1/p-4. The second kappa shape index (κ2) is 15.9. The van der Waals surface area contributed by atoms with Crippen LogP contribution in [-0.2, 0) is 38.8 Å². The maximum absolute atomic E-state index is 11.8. The van der Waals surface area contributed by atoms with Crippen molar-refractivity contribution in [1.82, 2.24) is 19.5 Å². The van der Waals surface area contributed by atoms with Crippen LogP contribution in [0, 0.1) is 0 Å². The van der Waals surface area contributed by atoms with Gasteiger partial charge < -0.3 is 49.1 Å². The van der Waals surface area contributed by atoms with Gasteiger partial charge in [-0.05, 0) is 0 Å². The molecule has 0 saturated carbocycles. The summed E-state index contributed by atoms with van der Waals surface area (Å²) in [6.45, 7) is -6.41. The van der Waals surface area contributed by atoms with E-state index in [4.69, 9.17) is 10.5 Å². The molecule has 1 aliphatic rings. The molecule has 180 valence electrons. The van der Waals surface area contributed by atoms with E-state index in [1.807, 2.05) is 0 Å². The Morgan fingerprint density at radius 3 is 2.25 bits per heavy atom. The molecule has 6 unspecified atom stereocenters. The number of phosphoric acid groups is 2. The number of nitrogen functional groups attached to an aromatic ring is 1. The van der Waals surface area contributed by atoms with Crippen molar-refractivity contribution in [3.05, 3.63) is 16.7 Å². The number of rotatable bonds is 8.